The largest absolute Gasteiger partial charge is 0.487 e. The number of hydrogen-bond acceptors (Lipinski definition) is 3. The molecule has 0 atom stereocenters. The molecule has 5 heteroatoms. The fraction of sp³-hybridized carbons (Fsp3) is 0.100. The molecule has 3 aromatic rings. The number of nitrogens with one attached hydrogen (secondary N) is 2. The van der Waals surface area contributed by atoms with Gasteiger partial charge in [-0.1, -0.05) is 35.9 Å². The average molecular weight is 331 g/mol. The molecule has 0 unspecified atom stereocenters. The Kier molecular flexibility index (Phi) is 3.82. The molecule has 0 fully saturated rings. The van der Waals surface area contributed by atoms with Crippen molar-refractivity contribution in [1.82, 2.24) is 10.4 Å². The van der Waals surface area contributed by atoms with Crippen molar-refractivity contribution in [2.24, 2.45) is 5.10 Å². The van der Waals surface area contributed by atoms with Crippen molar-refractivity contribution in [3.8, 4) is 5.75 Å². The number of carbonyl (C=O) groups excluding carboxylic acids is 1. The summed E-state index contributed by atoms with van der Waals surface area (Å²) in [7, 11) is 0. The molecule has 124 valence electrons. The number of fused-ring (bicyclic) bond motifs is 1. The Labute approximate surface area is 145 Å². The first-order chi connectivity index (χ1) is 12.2. The van der Waals surface area contributed by atoms with Crippen LogP contribution in [-0.4, -0.2) is 23.2 Å². The zero-order valence-corrected chi connectivity index (χ0v) is 13.7. The standard InChI is InChI=1S/C20H17N3O2/c1-13-6-8-15(9-7-13)25-12-19-17(20(24)23-22-19)10-14-11-21-18-5-3-2-4-16(14)18/h2-11,21H,12H2,1H3,(H,23,24)/b17-10-. The Morgan fingerprint density at radius 1 is 1.12 bits per heavy atom. The fourth-order valence-corrected chi connectivity index (χ4v) is 2.78. The highest BCUT2D eigenvalue weighted by atomic mass is 16.5. The fourth-order valence-electron chi connectivity index (χ4n) is 2.78. The molecular formula is C20H17N3O2. The molecule has 5 nitrogen and oxygen atoms in total. The van der Waals surface area contributed by atoms with Gasteiger partial charge in [-0.3, -0.25) is 4.79 Å². The molecular weight excluding hydrogens is 314 g/mol. The third kappa shape index (κ3) is 3.04. The Bertz CT molecular complexity index is 997. The summed E-state index contributed by atoms with van der Waals surface area (Å²) in [4.78, 5) is 15.4. The summed E-state index contributed by atoms with van der Waals surface area (Å²) in [5.41, 5.74) is 6.78. The van der Waals surface area contributed by atoms with Gasteiger partial charge >= 0.3 is 0 Å². The molecule has 1 aliphatic heterocycles. The van der Waals surface area contributed by atoms with E-state index in [9.17, 15) is 4.79 Å². The number of aryl methyl sites for hydroxylation is 1. The molecule has 0 radical (unpaired) electrons. The number of hydrogen-bond donors (Lipinski definition) is 2. The van der Waals surface area contributed by atoms with Gasteiger partial charge in [-0.2, -0.15) is 5.10 Å². The number of H-pyrrole nitrogens is 1. The highest BCUT2D eigenvalue weighted by Crippen LogP contribution is 2.22. The lowest BCUT2D eigenvalue weighted by Crippen LogP contribution is -2.16. The van der Waals surface area contributed by atoms with Gasteiger partial charge in [0.1, 0.15) is 18.1 Å². The Hall–Kier alpha value is -3.34. The maximum atomic E-state index is 12.1. The van der Waals surface area contributed by atoms with Crippen molar-refractivity contribution in [3.63, 3.8) is 0 Å². The highest BCUT2D eigenvalue weighted by molar-refractivity contribution is 6.28. The Morgan fingerprint density at radius 3 is 2.76 bits per heavy atom. The molecule has 2 aromatic carbocycles. The smallest absolute Gasteiger partial charge is 0.273 e. The predicted molar refractivity (Wildman–Crippen MR) is 98.5 cm³/mol. The van der Waals surface area contributed by atoms with Gasteiger partial charge in [-0.05, 0) is 31.2 Å². The SMILES string of the molecule is Cc1ccc(OCC2=NNC(=O)/C2=C\c2c[nH]c3ccccc23)cc1. The van der Waals surface area contributed by atoms with Crippen LogP contribution in [0.15, 0.2) is 65.4 Å². The van der Waals surface area contributed by atoms with E-state index in [-0.39, 0.29) is 12.5 Å². The van der Waals surface area contributed by atoms with Crippen LogP contribution >= 0.6 is 0 Å². The summed E-state index contributed by atoms with van der Waals surface area (Å²) in [6, 6.07) is 15.7. The maximum Gasteiger partial charge on any atom is 0.273 e. The lowest BCUT2D eigenvalue weighted by molar-refractivity contribution is -0.116. The van der Waals surface area contributed by atoms with Crippen molar-refractivity contribution in [3.05, 3.63) is 71.4 Å². The number of aromatic nitrogens is 1. The molecule has 25 heavy (non-hydrogen) atoms. The van der Waals surface area contributed by atoms with Crippen molar-refractivity contribution < 1.29 is 9.53 Å². The molecule has 0 saturated heterocycles. The number of para-hydroxylation sites is 1. The van der Waals surface area contributed by atoms with Crippen LogP contribution in [-0.2, 0) is 4.79 Å². The molecule has 2 N–H and O–H groups in total. The van der Waals surface area contributed by atoms with E-state index < -0.39 is 0 Å². The van der Waals surface area contributed by atoms with Crippen LogP contribution in [0.1, 0.15) is 11.1 Å². The maximum absolute atomic E-state index is 12.1. The number of carbonyl (C=O) groups is 1. The molecule has 1 amide bonds. The van der Waals surface area contributed by atoms with Crippen molar-refractivity contribution in [2.45, 2.75) is 6.92 Å². The first kappa shape index (κ1) is 15.2. The summed E-state index contributed by atoms with van der Waals surface area (Å²) >= 11 is 0. The first-order valence-corrected chi connectivity index (χ1v) is 8.05. The molecule has 0 spiro atoms. The topological polar surface area (TPSA) is 66.5 Å². The average Bonchev–Trinajstić information content (AvgIpc) is 3.20. The molecule has 0 aliphatic carbocycles. The number of aromatic amines is 1. The van der Waals surface area contributed by atoms with E-state index in [1.165, 1.54) is 5.56 Å². The van der Waals surface area contributed by atoms with Gasteiger partial charge in [0.2, 0.25) is 0 Å². The van der Waals surface area contributed by atoms with Gasteiger partial charge in [0.05, 0.1) is 5.57 Å². The van der Waals surface area contributed by atoms with E-state index in [1.807, 2.05) is 67.7 Å². The summed E-state index contributed by atoms with van der Waals surface area (Å²) in [6.07, 6.45) is 3.74. The van der Waals surface area contributed by atoms with Crippen LogP contribution in [0.5, 0.6) is 5.75 Å². The summed E-state index contributed by atoms with van der Waals surface area (Å²) in [6.45, 7) is 2.26. The van der Waals surface area contributed by atoms with Crippen LogP contribution < -0.4 is 10.2 Å². The zero-order valence-electron chi connectivity index (χ0n) is 13.7. The number of ether oxygens (including phenoxy) is 1. The monoisotopic (exact) mass is 331 g/mol. The van der Waals surface area contributed by atoms with E-state index in [0.29, 0.717) is 11.3 Å². The first-order valence-electron chi connectivity index (χ1n) is 8.05. The van der Waals surface area contributed by atoms with Gasteiger partial charge in [0.15, 0.2) is 0 Å². The molecule has 1 aromatic heterocycles. The molecule has 0 bridgehead atoms. The lowest BCUT2D eigenvalue weighted by atomic mass is 10.1. The number of nitrogens with zero attached hydrogens (tertiary/aromatic N) is 1. The van der Waals surface area contributed by atoms with Crippen LogP contribution in [0.2, 0.25) is 0 Å². The molecule has 0 saturated carbocycles. The highest BCUT2D eigenvalue weighted by Gasteiger charge is 2.23. The third-order valence-electron chi connectivity index (χ3n) is 4.17. The minimum atomic E-state index is -0.215. The van der Waals surface area contributed by atoms with Crippen LogP contribution in [0.3, 0.4) is 0 Å². The second-order valence-electron chi connectivity index (χ2n) is 5.95. The zero-order chi connectivity index (χ0) is 17.2. The van der Waals surface area contributed by atoms with Crippen molar-refractivity contribution >= 4 is 28.6 Å². The number of hydrazone groups is 1. The van der Waals surface area contributed by atoms with E-state index in [1.54, 1.807) is 0 Å². The second-order valence-corrected chi connectivity index (χ2v) is 5.95. The van der Waals surface area contributed by atoms with Gasteiger partial charge in [0.25, 0.3) is 5.91 Å². The number of rotatable bonds is 4. The van der Waals surface area contributed by atoms with Gasteiger partial charge in [0, 0.05) is 22.7 Å². The normalized spacial score (nSPS) is 15.5. The van der Waals surface area contributed by atoms with Crippen LogP contribution in [0, 0.1) is 6.92 Å². The van der Waals surface area contributed by atoms with E-state index in [2.05, 4.69) is 15.5 Å². The van der Waals surface area contributed by atoms with Gasteiger partial charge in [-0.15, -0.1) is 0 Å². The Balaban J connectivity index is 1.58. The minimum absolute atomic E-state index is 0.215. The quantitative estimate of drug-likeness (QED) is 0.719. The molecule has 4 rings (SSSR count). The molecule has 1 aliphatic rings. The third-order valence-corrected chi connectivity index (χ3v) is 4.17. The number of amides is 1. The van der Waals surface area contributed by atoms with Gasteiger partial charge < -0.3 is 9.72 Å². The van der Waals surface area contributed by atoms with Crippen molar-refractivity contribution in [2.75, 3.05) is 6.61 Å². The summed E-state index contributed by atoms with van der Waals surface area (Å²) < 4.78 is 5.76. The lowest BCUT2D eigenvalue weighted by Gasteiger charge is -2.06. The molecule has 2 heterocycles. The summed E-state index contributed by atoms with van der Waals surface area (Å²) in [5, 5.41) is 5.17. The summed E-state index contributed by atoms with van der Waals surface area (Å²) in [5.74, 6) is 0.534. The van der Waals surface area contributed by atoms with Gasteiger partial charge in [-0.25, -0.2) is 5.43 Å². The second kappa shape index (κ2) is 6.28. The van der Waals surface area contributed by atoms with E-state index in [4.69, 9.17) is 4.74 Å². The van der Waals surface area contributed by atoms with Crippen LogP contribution in [0.25, 0.3) is 17.0 Å². The number of benzene rings is 2. The van der Waals surface area contributed by atoms with E-state index >= 15 is 0 Å². The van der Waals surface area contributed by atoms with Crippen molar-refractivity contribution in [1.29, 1.82) is 0 Å². The predicted octanol–water partition coefficient (Wildman–Crippen LogP) is 3.42. The minimum Gasteiger partial charge on any atom is -0.487 e. The van der Waals surface area contributed by atoms with E-state index in [0.717, 1.165) is 22.2 Å². The Morgan fingerprint density at radius 2 is 1.92 bits per heavy atom. The van der Waals surface area contributed by atoms with Crippen LogP contribution in [0.4, 0.5) is 0 Å².